The van der Waals surface area contributed by atoms with Gasteiger partial charge in [-0.2, -0.15) is 0 Å². The van der Waals surface area contributed by atoms with Crippen molar-refractivity contribution in [3.05, 3.63) is 69.8 Å². The lowest BCUT2D eigenvalue weighted by molar-refractivity contribution is -0.385. The zero-order valence-corrected chi connectivity index (χ0v) is 13.3. The Morgan fingerprint density at radius 1 is 1.21 bits per heavy atom. The van der Waals surface area contributed by atoms with Gasteiger partial charge in [-0.25, -0.2) is 0 Å². The Labute approximate surface area is 139 Å². The molecule has 0 amide bonds. The average Bonchev–Trinajstić information content (AvgIpc) is 2.53. The number of phenolic OH excluding ortho intramolecular Hbond substituents is 1. The zero-order chi connectivity index (χ0) is 17.7. The summed E-state index contributed by atoms with van der Waals surface area (Å²) in [7, 11) is 0. The Morgan fingerprint density at radius 3 is 2.46 bits per heavy atom. The predicted molar refractivity (Wildman–Crippen MR) is 90.3 cm³/mol. The molecule has 0 atom stereocenters. The molecule has 0 fully saturated rings. The number of nitrogens with zero attached hydrogens (tertiary/aromatic N) is 1. The summed E-state index contributed by atoms with van der Waals surface area (Å²) in [5.41, 5.74) is 0.531. The molecule has 0 aliphatic carbocycles. The summed E-state index contributed by atoms with van der Waals surface area (Å²) in [6.45, 7) is 3.83. The van der Waals surface area contributed by atoms with Crippen LogP contribution in [0.15, 0.2) is 48.5 Å². The molecule has 0 aliphatic heterocycles. The van der Waals surface area contributed by atoms with Crippen LogP contribution in [0.5, 0.6) is 11.5 Å². The summed E-state index contributed by atoms with van der Waals surface area (Å²) >= 11 is 0. The van der Waals surface area contributed by atoms with Crippen LogP contribution in [0.2, 0.25) is 0 Å². The summed E-state index contributed by atoms with van der Waals surface area (Å²) in [6.07, 6.45) is 2.85. The van der Waals surface area contributed by atoms with Gasteiger partial charge in [0.05, 0.1) is 11.0 Å². The van der Waals surface area contributed by atoms with E-state index < -0.39 is 16.4 Å². The van der Waals surface area contributed by atoms with Crippen LogP contribution in [0.25, 0.3) is 6.08 Å². The van der Waals surface area contributed by atoms with Gasteiger partial charge in [-0.3, -0.25) is 14.9 Å². The molecule has 2 rings (SSSR count). The van der Waals surface area contributed by atoms with Crippen molar-refractivity contribution in [2.75, 3.05) is 0 Å². The zero-order valence-electron chi connectivity index (χ0n) is 13.3. The lowest BCUT2D eigenvalue weighted by Crippen LogP contribution is -2.05. The number of ketones is 1. The van der Waals surface area contributed by atoms with Crippen LogP contribution in [0.3, 0.4) is 0 Å². The highest BCUT2D eigenvalue weighted by atomic mass is 16.6. The van der Waals surface area contributed by atoms with Crippen LogP contribution < -0.4 is 4.74 Å². The monoisotopic (exact) mass is 327 g/mol. The van der Waals surface area contributed by atoms with Crippen LogP contribution in [0, 0.1) is 10.1 Å². The normalized spacial score (nSPS) is 11.0. The van der Waals surface area contributed by atoms with Crippen molar-refractivity contribution in [2.24, 2.45) is 0 Å². The van der Waals surface area contributed by atoms with Gasteiger partial charge in [0.25, 0.3) is 0 Å². The molecule has 6 nitrogen and oxygen atoms in total. The number of rotatable bonds is 6. The number of nitro groups is 1. The highest BCUT2D eigenvalue weighted by Crippen LogP contribution is 2.26. The maximum Gasteiger partial charge on any atom is 0.311 e. The van der Waals surface area contributed by atoms with Crippen molar-refractivity contribution < 1.29 is 19.6 Å². The Hall–Kier alpha value is -3.15. The van der Waals surface area contributed by atoms with E-state index in [-0.39, 0.29) is 11.9 Å². The molecular formula is C18H17NO5. The quantitative estimate of drug-likeness (QED) is 0.375. The number of allylic oxidation sites excluding steroid dienone is 1. The molecule has 0 saturated heterocycles. The predicted octanol–water partition coefficient (Wildman–Crippen LogP) is 3.98. The fourth-order valence-electron chi connectivity index (χ4n) is 2.03. The Bertz CT molecular complexity index is 778. The summed E-state index contributed by atoms with van der Waals surface area (Å²) in [6, 6.07) is 10.7. The molecule has 124 valence electrons. The van der Waals surface area contributed by atoms with Gasteiger partial charge in [0.1, 0.15) is 5.75 Å². The van der Waals surface area contributed by atoms with Crippen LogP contribution in [-0.4, -0.2) is 21.9 Å². The van der Waals surface area contributed by atoms with E-state index in [0.717, 1.165) is 0 Å². The number of carbonyl (C=O) groups is 1. The van der Waals surface area contributed by atoms with E-state index in [1.807, 2.05) is 13.8 Å². The van der Waals surface area contributed by atoms with Crippen LogP contribution in [0.1, 0.15) is 29.8 Å². The molecule has 24 heavy (non-hydrogen) atoms. The molecule has 2 aromatic carbocycles. The van der Waals surface area contributed by atoms with Crippen molar-refractivity contribution in [1.29, 1.82) is 0 Å². The van der Waals surface area contributed by atoms with E-state index in [4.69, 9.17) is 4.74 Å². The molecule has 0 aromatic heterocycles. The molecule has 0 bridgehead atoms. The van der Waals surface area contributed by atoms with Gasteiger partial charge in [0, 0.05) is 11.6 Å². The van der Waals surface area contributed by atoms with Gasteiger partial charge >= 0.3 is 5.69 Å². The van der Waals surface area contributed by atoms with E-state index in [0.29, 0.717) is 16.9 Å². The SMILES string of the molecule is CC(C)Oc1ccc(C(=O)/C=C/c2ccc(O)c([N+](=O)[O-])c2)cc1. The highest BCUT2D eigenvalue weighted by molar-refractivity contribution is 6.06. The number of aromatic hydroxyl groups is 1. The van der Waals surface area contributed by atoms with E-state index in [1.54, 1.807) is 24.3 Å². The van der Waals surface area contributed by atoms with E-state index in [2.05, 4.69) is 0 Å². The molecule has 1 N–H and O–H groups in total. The van der Waals surface area contributed by atoms with Crippen molar-refractivity contribution in [1.82, 2.24) is 0 Å². The summed E-state index contributed by atoms with van der Waals surface area (Å²) < 4.78 is 5.51. The first-order valence-electron chi connectivity index (χ1n) is 7.33. The first-order valence-corrected chi connectivity index (χ1v) is 7.33. The number of phenols is 1. The maximum atomic E-state index is 12.1. The third kappa shape index (κ3) is 4.42. The Kier molecular flexibility index (Phi) is 5.31. The molecular weight excluding hydrogens is 310 g/mol. The average molecular weight is 327 g/mol. The first kappa shape index (κ1) is 17.2. The van der Waals surface area contributed by atoms with Crippen LogP contribution in [-0.2, 0) is 0 Å². The van der Waals surface area contributed by atoms with Gasteiger partial charge in [0.2, 0.25) is 0 Å². The number of hydrogen-bond donors (Lipinski definition) is 1. The largest absolute Gasteiger partial charge is 0.502 e. The minimum Gasteiger partial charge on any atom is -0.502 e. The van der Waals surface area contributed by atoms with Crippen LogP contribution in [0.4, 0.5) is 5.69 Å². The van der Waals surface area contributed by atoms with Gasteiger partial charge in [0.15, 0.2) is 11.5 Å². The van der Waals surface area contributed by atoms with Gasteiger partial charge in [-0.05, 0) is 55.8 Å². The number of carbonyl (C=O) groups excluding carboxylic acids is 1. The van der Waals surface area contributed by atoms with Gasteiger partial charge in [-0.15, -0.1) is 0 Å². The molecule has 0 unspecified atom stereocenters. The second-order valence-electron chi connectivity index (χ2n) is 5.39. The lowest BCUT2D eigenvalue weighted by Gasteiger charge is -2.09. The maximum absolute atomic E-state index is 12.1. The summed E-state index contributed by atoms with van der Waals surface area (Å²) in [4.78, 5) is 22.2. The van der Waals surface area contributed by atoms with E-state index >= 15 is 0 Å². The molecule has 0 aliphatic rings. The third-order valence-corrected chi connectivity index (χ3v) is 3.13. The molecule has 0 spiro atoms. The second kappa shape index (κ2) is 7.41. The molecule has 6 heteroatoms. The molecule has 0 radical (unpaired) electrons. The molecule has 0 heterocycles. The minimum atomic E-state index is -0.679. The van der Waals surface area contributed by atoms with Crippen molar-refractivity contribution in [2.45, 2.75) is 20.0 Å². The fourth-order valence-corrected chi connectivity index (χ4v) is 2.03. The van der Waals surface area contributed by atoms with Crippen molar-refractivity contribution >= 4 is 17.5 Å². The smallest absolute Gasteiger partial charge is 0.311 e. The highest BCUT2D eigenvalue weighted by Gasteiger charge is 2.12. The lowest BCUT2D eigenvalue weighted by atomic mass is 10.1. The van der Waals surface area contributed by atoms with E-state index in [9.17, 15) is 20.0 Å². The number of ether oxygens (including phenoxy) is 1. The van der Waals surface area contributed by atoms with Crippen molar-refractivity contribution in [3.63, 3.8) is 0 Å². The molecule has 0 saturated carbocycles. The molecule has 2 aromatic rings. The topological polar surface area (TPSA) is 89.7 Å². The number of hydrogen-bond acceptors (Lipinski definition) is 5. The Morgan fingerprint density at radius 2 is 1.88 bits per heavy atom. The third-order valence-electron chi connectivity index (χ3n) is 3.13. The van der Waals surface area contributed by atoms with Crippen molar-refractivity contribution in [3.8, 4) is 11.5 Å². The van der Waals surface area contributed by atoms with E-state index in [1.165, 1.54) is 30.4 Å². The number of nitro benzene ring substituents is 1. The Balaban J connectivity index is 2.13. The minimum absolute atomic E-state index is 0.0525. The summed E-state index contributed by atoms with van der Waals surface area (Å²) in [5, 5.41) is 20.2. The number of benzene rings is 2. The van der Waals surface area contributed by atoms with Crippen LogP contribution >= 0.6 is 0 Å². The first-order chi connectivity index (χ1) is 11.4. The fraction of sp³-hybridized carbons (Fsp3) is 0.167. The van der Waals surface area contributed by atoms with Gasteiger partial charge < -0.3 is 9.84 Å². The van der Waals surface area contributed by atoms with Gasteiger partial charge in [-0.1, -0.05) is 12.1 Å². The standard InChI is InChI=1S/C18H17NO5/c1-12(2)24-15-7-5-14(6-8-15)17(20)9-3-13-4-10-18(21)16(11-13)19(22)23/h3-12,21H,1-2H3/b9-3+. The summed E-state index contributed by atoms with van der Waals surface area (Å²) in [5.74, 6) is 0.0331. The second-order valence-corrected chi connectivity index (χ2v) is 5.39.